The van der Waals surface area contributed by atoms with E-state index in [1.165, 1.54) is 11.3 Å². The number of benzene rings is 1. The molecule has 1 aromatic carbocycles. The summed E-state index contributed by atoms with van der Waals surface area (Å²) < 4.78 is 22.0. The van der Waals surface area contributed by atoms with Gasteiger partial charge in [-0.2, -0.15) is 0 Å². The van der Waals surface area contributed by atoms with Crippen molar-refractivity contribution in [2.24, 2.45) is 23.3 Å². The van der Waals surface area contributed by atoms with Crippen molar-refractivity contribution >= 4 is 28.9 Å². The van der Waals surface area contributed by atoms with Crippen LogP contribution in [-0.4, -0.2) is 99.4 Å². The van der Waals surface area contributed by atoms with Gasteiger partial charge in [-0.3, -0.25) is 14.4 Å². The molecule has 0 bridgehead atoms. The van der Waals surface area contributed by atoms with Crippen molar-refractivity contribution in [2.45, 2.75) is 63.5 Å². The van der Waals surface area contributed by atoms with Crippen molar-refractivity contribution in [1.29, 1.82) is 0 Å². The van der Waals surface area contributed by atoms with Crippen molar-refractivity contribution in [3.8, 4) is 5.75 Å². The van der Waals surface area contributed by atoms with Crippen LogP contribution >= 0.6 is 11.3 Å². The van der Waals surface area contributed by atoms with E-state index in [-0.39, 0.29) is 23.7 Å². The summed E-state index contributed by atoms with van der Waals surface area (Å²) >= 11 is 1.39. The normalized spacial score (nSPS) is 19.0. The Morgan fingerprint density at radius 2 is 1.68 bits per heavy atom. The van der Waals surface area contributed by atoms with Crippen molar-refractivity contribution < 1.29 is 33.3 Å². The summed E-state index contributed by atoms with van der Waals surface area (Å²) in [5.74, 6) is -0.734. The molecule has 2 aromatic rings. The maximum Gasteiger partial charge on any atom is 0.238 e. The highest BCUT2D eigenvalue weighted by molar-refractivity contribution is 7.10. The van der Waals surface area contributed by atoms with Gasteiger partial charge in [0.05, 0.1) is 51.6 Å². The quantitative estimate of drug-likeness (QED) is 0.140. The first-order chi connectivity index (χ1) is 22.8. The van der Waals surface area contributed by atoms with Gasteiger partial charge in [-0.15, -0.1) is 11.3 Å². The Morgan fingerprint density at radius 1 is 1.00 bits per heavy atom. The van der Waals surface area contributed by atoms with Crippen LogP contribution in [0.4, 0.5) is 0 Å². The van der Waals surface area contributed by atoms with Crippen molar-refractivity contribution in [1.82, 2.24) is 15.2 Å². The summed E-state index contributed by atoms with van der Waals surface area (Å²) in [4.78, 5) is 47.1. The molecule has 2 heterocycles. The van der Waals surface area contributed by atoms with Crippen molar-refractivity contribution in [3.05, 3.63) is 45.9 Å². The van der Waals surface area contributed by atoms with Crippen molar-refractivity contribution in [3.63, 3.8) is 0 Å². The van der Waals surface area contributed by atoms with Crippen LogP contribution in [0.3, 0.4) is 0 Å². The van der Waals surface area contributed by atoms with Gasteiger partial charge in [-0.25, -0.2) is 4.98 Å². The average Bonchev–Trinajstić information content (AvgIpc) is 3.78. The van der Waals surface area contributed by atoms with Gasteiger partial charge < -0.3 is 40.6 Å². The second-order valence-corrected chi connectivity index (χ2v) is 13.2. The second kappa shape index (κ2) is 18.6. The first-order valence-corrected chi connectivity index (χ1v) is 17.6. The summed E-state index contributed by atoms with van der Waals surface area (Å²) in [5, 5.41) is 5.58. The van der Waals surface area contributed by atoms with E-state index in [1.807, 2.05) is 4.90 Å². The smallest absolute Gasteiger partial charge is 0.238 e. The lowest BCUT2D eigenvalue weighted by atomic mass is 9.69. The Hall–Kier alpha value is -2.94. The number of carbonyl (C=O) groups excluding carboxylic acids is 3. The topological polar surface area (TPSA) is 168 Å². The number of rotatable bonds is 20. The standard InChI is InChI=1S/C34H51N5O7S/c1-34(37-2,33(36)42)29(24-8-4-3-5-9-24)32(41)39-14-7-12-28(39)31-38-27(23-47-31)30(40)25-10-6-11-26(22-25)46-21-20-45-19-18-44-17-16-43-15-13-35/h6,10-11,22-24,28-29,37H,3-5,7-9,12-21,35H2,1-2H3,(H2,36,42)/t28-,29+,34?/m0/s1. The van der Waals surface area contributed by atoms with Gasteiger partial charge in [-0.1, -0.05) is 31.4 Å². The molecule has 1 saturated carbocycles. The lowest BCUT2D eigenvalue weighted by Crippen LogP contribution is -2.63. The van der Waals surface area contributed by atoms with E-state index >= 15 is 0 Å². The summed E-state index contributed by atoms with van der Waals surface area (Å²) in [5.41, 5.74) is 10.9. The number of ether oxygens (including phenoxy) is 4. The lowest BCUT2D eigenvalue weighted by Gasteiger charge is -2.42. The molecule has 1 saturated heterocycles. The summed E-state index contributed by atoms with van der Waals surface area (Å²) in [7, 11) is 1.70. The molecule has 13 heteroatoms. The predicted molar refractivity (Wildman–Crippen MR) is 179 cm³/mol. The predicted octanol–water partition coefficient (Wildman–Crippen LogP) is 3.08. The number of carbonyl (C=O) groups is 3. The maximum atomic E-state index is 14.3. The molecule has 1 aliphatic heterocycles. The molecule has 2 amide bonds. The minimum absolute atomic E-state index is 0.0626. The fourth-order valence-corrected chi connectivity index (χ4v) is 7.49. The molecule has 2 fully saturated rings. The first-order valence-electron chi connectivity index (χ1n) is 16.8. The third kappa shape index (κ3) is 9.80. The van der Waals surface area contributed by atoms with Gasteiger partial charge >= 0.3 is 0 Å². The zero-order valence-corrected chi connectivity index (χ0v) is 28.6. The van der Waals surface area contributed by atoms with Crippen LogP contribution in [0, 0.1) is 11.8 Å². The summed E-state index contributed by atoms with van der Waals surface area (Å²) in [6, 6.07) is 6.76. The molecule has 0 spiro atoms. The molecule has 5 N–H and O–H groups in total. The van der Waals surface area contributed by atoms with Crippen LogP contribution in [0.2, 0.25) is 0 Å². The van der Waals surface area contributed by atoms with E-state index < -0.39 is 17.4 Å². The van der Waals surface area contributed by atoms with Crippen LogP contribution in [0.15, 0.2) is 29.6 Å². The average molecular weight is 674 g/mol. The van der Waals surface area contributed by atoms with Gasteiger partial charge in [0.2, 0.25) is 17.6 Å². The van der Waals surface area contributed by atoms with Gasteiger partial charge in [0, 0.05) is 24.0 Å². The van der Waals surface area contributed by atoms with E-state index in [9.17, 15) is 14.4 Å². The van der Waals surface area contributed by atoms with Crippen LogP contribution in [0.5, 0.6) is 5.75 Å². The fourth-order valence-electron chi connectivity index (χ4n) is 6.55. The van der Waals surface area contributed by atoms with Crippen LogP contribution < -0.4 is 21.5 Å². The molecule has 12 nitrogen and oxygen atoms in total. The second-order valence-electron chi connectivity index (χ2n) is 12.3. The number of likely N-dealkylation sites (N-methyl/N-ethyl adjacent to an activating group) is 1. The third-order valence-corrected chi connectivity index (χ3v) is 10.2. The summed E-state index contributed by atoms with van der Waals surface area (Å²) in [6.07, 6.45) is 6.58. The molecule has 1 aliphatic carbocycles. The number of nitrogens with two attached hydrogens (primary N) is 2. The van der Waals surface area contributed by atoms with E-state index in [0.29, 0.717) is 76.3 Å². The highest BCUT2D eigenvalue weighted by atomic mass is 32.1. The number of nitrogens with zero attached hydrogens (tertiary/aromatic N) is 2. The molecule has 1 aromatic heterocycles. The van der Waals surface area contributed by atoms with Gasteiger partial charge in [0.1, 0.15) is 28.6 Å². The van der Waals surface area contributed by atoms with Crippen LogP contribution in [-0.2, 0) is 23.8 Å². The molecular weight excluding hydrogens is 622 g/mol. The Labute approximate surface area is 281 Å². The highest BCUT2D eigenvalue weighted by Gasteiger charge is 2.50. The van der Waals surface area contributed by atoms with Gasteiger partial charge in [0.25, 0.3) is 0 Å². The number of likely N-dealkylation sites (tertiary alicyclic amines) is 1. The number of aromatic nitrogens is 1. The number of hydrogen-bond acceptors (Lipinski definition) is 11. The monoisotopic (exact) mass is 673 g/mol. The zero-order valence-electron chi connectivity index (χ0n) is 27.7. The van der Waals surface area contributed by atoms with E-state index in [1.54, 1.807) is 43.6 Å². The van der Waals surface area contributed by atoms with Gasteiger partial charge in [0.15, 0.2) is 0 Å². The maximum absolute atomic E-state index is 14.3. The third-order valence-electron chi connectivity index (χ3n) is 9.21. The molecule has 0 radical (unpaired) electrons. The molecule has 2 aliphatic rings. The Kier molecular flexibility index (Phi) is 14.6. The number of amides is 2. The lowest BCUT2D eigenvalue weighted by molar-refractivity contribution is -0.147. The number of ketones is 1. The van der Waals surface area contributed by atoms with Crippen LogP contribution in [0.25, 0.3) is 0 Å². The van der Waals surface area contributed by atoms with Crippen molar-refractivity contribution in [2.75, 3.05) is 66.4 Å². The molecule has 47 heavy (non-hydrogen) atoms. The number of hydrogen-bond donors (Lipinski definition) is 3. The summed E-state index contributed by atoms with van der Waals surface area (Å²) in [6.45, 7) is 5.95. The number of primary amides is 1. The minimum Gasteiger partial charge on any atom is -0.491 e. The van der Waals surface area contributed by atoms with E-state index in [2.05, 4.69) is 5.32 Å². The van der Waals surface area contributed by atoms with Gasteiger partial charge in [-0.05, 0) is 57.7 Å². The highest BCUT2D eigenvalue weighted by Crippen LogP contribution is 2.41. The molecular formula is C34H51N5O7S. The molecule has 1 unspecified atom stereocenters. The number of thiazole rings is 1. The molecule has 4 rings (SSSR count). The Morgan fingerprint density at radius 3 is 2.34 bits per heavy atom. The largest absolute Gasteiger partial charge is 0.491 e. The van der Waals surface area contributed by atoms with E-state index in [4.69, 9.17) is 35.4 Å². The minimum atomic E-state index is -1.16. The number of nitrogens with one attached hydrogen (secondary N) is 1. The molecule has 3 atom stereocenters. The SMILES string of the molecule is CNC(C)(C(N)=O)[C@@H](C(=O)N1CCC[C@H]1c1nc(C(=O)c2cccc(OCCOCCOCCOCCN)c2)cs1)C1CCCCC1. The van der Waals surface area contributed by atoms with Crippen LogP contribution in [0.1, 0.15) is 79.0 Å². The van der Waals surface area contributed by atoms with E-state index in [0.717, 1.165) is 50.0 Å². The molecule has 260 valence electrons. The Balaban J connectivity index is 1.34. The fraction of sp³-hybridized carbons (Fsp3) is 0.647. The zero-order chi connectivity index (χ0) is 33.6. The first kappa shape index (κ1) is 36.9. The Bertz CT molecular complexity index is 1300.